The number of nitrogens with one attached hydrogen (secondary N) is 1. The zero-order valence-electron chi connectivity index (χ0n) is 11.6. The van der Waals surface area contributed by atoms with E-state index in [0.29, 0.717) is 12.0 Å². The highest BCUT2D eigenvalue weighted by molar-refractivity contribution is 4.79. The van der Waals surface area contributed by atoms with Crippen molar-refractivity contribution in [2.45, 2.75) is 52.3 Å². The van der Waals surface area contributed by atoms with Crippen molar-refractivity contribution in [2.24, 2.45) is 5.41 Å². The van der Waals surface area contributed by atoms with E-state index in [-0.39, 0.29) is 6.04 Å². The van der Waals surface area contributed by atoms with Crippen LogP contribution in [0.4, 0.5) is 13.2 Å². The van der Waals surface area contributed by atoms with E-state index < -0.39 is 12.7 Å². The first-order valence-corrected chi connectivity index (χ1v) is 6.71. The molecular weight excluding hydrogens is 241 g/mol. The highest BCUT2D eigenvalue weighted by atomic mass is 19.4. The standard InChI is InChI=1S/C13H25F3N2/c1-11(9-17-10-13(14,15)16)18-7-4-5-12(2,3)6-8-18/h11,17H,4-10H2,1-3H3. The molecule has 5 heteroatoms. The molecule has 1 aliphatic rings. The summed E-state index contributed by atoms with van der Waals surface area (Å²) in [5.41, 5.74) is 0.369. The predicted octanol–water partition coefficient (Wildman–Crippen LogP) is 3.04. The van der Waals surface area contributed by atoms with Crippen molar-refractivity contribution >= 4 is 0 Å². The van der Waals surface area contributed by atoms with Gasteiger partial charge < -0.3 is 5.32 Å². The topological polar surface area (TPSA) is 15.3 Å². The second-order valence-corrected chi connectivity index (χ2v) is 6.15. The number of halogens is 3. The molecule has 1 N–H and O–H groups in total. The molecule has 1 heterocycles. The fourth-order valence-corrected chi connectivity index (χ4v) is 2.44. The van der Waals surface area contributed by atoms with Gasteiger partial charge in [-0.05, 0) is 44.7 Å². The molecule has 1 unspecified atom stereocenters. The molecule has 1 fully saturated rings. The number of rotatable bonds is 4. The molecule has 0 aliphatic carbocycles. The van der Waals surface area contributed by atoms with Crippen molar-refractivity contribution in [1.82, 2.24) is 10.2 Å². The number of likely N-dealkylation sites (tertiary alicyclic amines) is 1. The molecule has 18 heavy (non-hydrogen) atoms. The van der Waals surface area contributed by atoms with Gasteiger partial charge in [0, 0.05) is 12.6 Å². The molecule has 2 nitrogen and oxygen atoms in total. The monoisotopic (exact) mass is 266 g/mol. The molecule has 1 aliphatic heterocycles. The highest BCUT2D eigenvalue weighted by Gasteiger charge is 2.28. The number of nitrogens with zero attached hydrogens (tertiary/aromatic N) is 1. The Balaban J connectivity index is 2.31. The Morgan fingerprint density at radius 2 is 1.89 bits per heavy atom. The minimum absolute atomic E-state index is 0.168. The van der Waals surface area contributed by atoms with Crippen LogP contribution in [0.15, 0.2) is 0 Å². The summed E-state index contributed by atoms with van der Waals surface area (Å²) in [6.45, 7) is 8.03. The van der Waals surface area contributed by atoms with Gasteiger partial charge in [0.25, 0.3) is 0 Å². The Morgan fingerprint density at radius 3 is 2.50 bits per heavy atom. The largest absolute Gasteiger partial charge is 0.401 e. The van der Waals surface area contributed by atoms with Crippen LogP contribution in [0.2, 0.25) is 0 Å². The lowest BCUT2D eigenvalue weighted by molar-refractivity contribution is -0.125. The van der Waals surface area contributed by atoms with E-state index in [1.807, 2.05) is 6.92 Å². The summed E-state index contributed by atoms with van der Waals surface area (Å²) in [7, 11) is 0. The van der Waals surface area contributed by atoms with Gasteiger partial charge in [0.2, 0.25) is 0 Å². The maximum atomic E-state index is 12.0. The smallest absolute Gasteiger partial charge is 0.307 e. The molecule has 0 spiro atoms. The first-order valence-electron chi connectivity index (χ1n) is 6.71. The van der Waals surface area contributed by atoms with E-state index in [1.165, 1.54) is 6.42 Å². The SMILES string of the molecule is CC(CNCC(F)(F)F)N1CCCC(C)(C)CC1. The van der Waals surface area contributed by atoms with Crippen LogP contribution >= 0.6 is 0 Å². The lowest BCUT2D eigenvalue weighted by Crippen LogP contribution is -2.43. The lowest BCUT2D eigenvalue weighted by Gasteiger charge is -2.29. The van der Waals surface area contributed by atoms with E-state index in [1.54, 1.807) is 0 Å². The first kappa shape index (κ1) is 15.8. The van der Waals surface area contributed by atoms with Crippen molar-refractivity contribution in [2.75, 3.05) is 26.2 Å². The van der Waals surface area contributed by atoms with Crippen molar-refractivity contribution < 1.29 is 13.2 Å². The maximum Gasteiger partial charge on any atom is 0.401 e. The van der Waals surface area contributed by atoms with E-state index in [4.69, 9.17) is 0 Å². The molecule has 0 saturated carbocycles. The number of hydrogen-bond acceptors (Lipinski definition) is 2. The quantitative estimate of drug-likeness (QED) is 0.841. The summed E-state index contributed by atoms with van der Waals surface area (Å²) in [6.07, 6.45) is -0.653. The van der Waals surface area contributed by atoms with Gasteiger partial charge in [-0.3, -0.25) is 4.90 Å². The molecule has 0 aromatic heterocycles. The lowest BCUT2D eigenvalue weighted by atomic mass is 9.85. The zero-order valence-corrected chi connectivity index (χ0v) is 11.6. The molecule has 1 saturated heterocycles. The maximum absolute atomic E-state index is 12.0. The van der Waals surface area contributed by atoms with Crippen molar-refractivity contribution in [3.63, 3.8) is 0 Å². The molecule has 0 amide bonds. The molecule has 108 valence electrons. The van der Waals surface area contributed by atoms with Gasteiger partial charge >= 0.3 is 6.18 Å². The van der Waals surface area contributed by atoms with E-state index in [2.05, 4.69) is 24.1 Å². The third-order valence-corrected chi connectivity index (χ3v) is 3.76. The van der Waals surface area contributed by atoms with Crippen LogP contribution in [0, 0.1) is 5.41 Å². The minimum Gasteiger partial charge on any atom is -0.307 e. The fraction of sp³-hybridized carbons (Fsp3) is 1.00. The predicted molar refractivity (Wildman–Crippen MR) is 67.6 cm³/mol. The Hall–Kier alpha value is -0.290. The second kappa shape index (κ2) is 6.24. The minimum atomic E-state index is -4.11. The Bertz CT molecular complexity index is 251. The number of hydrogen-bond donors (Lipinski definition) is 1. The number of alkyl halides is 3. The van der Waals surface area contributed by atoms with Gasteiger partial charge in [-0.1, -0.05) is 13.8 Å². The second-order valence-electron chi connectivity index (χ2n) is 6.15. The molecule has 1 rings (SSSR count). The summed E-state index contributed by atoms with van der Waals surface area (Å²) >= 11 is 0. The molecule has 0 radical (unpaired) electrons. The molecule has 0 aromatic rings. The van der Waals surface area contributed by atoms with E-state index in [9.17, 15) is 13.2 Å². The van der Waals surface area contributed by atoms with Crippen molar-refractivity contribution in [3.05, 3.63) is 0 Å². The van der Waals surface area contributed by atoms with Crippen LogP contribution < -0.4 is 5.32 Å². The van der Waals surface area contributed by atoms with Gasteiger partial charge in [-0.15, -0.1) is 0 Å². The van der Waals surface area contributed by atoms with Crippen molar-refractivity contribution in [3.8, 4) is 0 Å². The molecule has 0 bridgehead atoms. The van der Waals surface area contributed by atoms with Crippen LogP contribution in [0.3, 0.4) is 0 Å². The average molecular weight is 266 g/mol. The van der Waals surface area contributed by atoms with Crippen molar-refractivity contribution in [1.29, 1.82) is 0 Å². The summed E-state index contributed by atoms with van der Waals surface area (Å²) < 4.78 is 36.1. The molecular formula is C13H25F3N2. The fourth-order valence-electron chi connectivity index (χ4n) is 2.44. The normalized spacial score (nSPS) is 23.7. The van der Waals surface area contributed by atoms with Gasteiger partial charge in [0.1, 0.15) is 0 Å². The third kappa shape index (κ3) is 6.05. The Labute approximate surface area is 108 Å². The summed E-state index contributed by atoms with van der Waals surface area (Å²) in [4.78, 5) is 2.30. The zero-order chi connectivity index (χ0) is 13.8. The summed E-state index contributed by atoms with van der Waals surface area (Å²) in [5.74, 6) is 0. The summed E-state index contributed by atoms with van der Waals surface area (Å²) in [6, 6.07) is 0.168. The van der Waals surface area contributed by atoms with Crippen LogP contribution in [0.25, 0.3) is 0 Å². The van der Waals surface area contributed by atoms with E-state index >= 15 is 0 Å². The Morgan fingerprint density at radius 1 is 1.22 bits per heavy atom. The van der Waals surface area contributed by atoms with Gasteiger partial charge in [0.05, 0.1) is 6.54 Å². The molecule has 0 aromatic carbocycles. The average Bonchev–Trinajstić information content (AvgIpc) is 2.37. The molecule has 1 atom stereocenters. The highest BCUT2D eigenvalue weighted by Crippen LogP contribution is 2.30. The van der Waals surface area contributed by atoms with Crippen LogP contribution in [-0.4, -0.2) is 43.3 Å². The van der Waals surface area contributed by atoms with E-state index in [0.717, 1.165) is 25.9 Å². The van der Waals surface area contributed by atoms with Crippen LogP contribution in [0.1, 0.15) is 40.0 Å². The first-order chi connectivity index (χ1) is 8.20. The van der Waals surface area contributed by atoms with Gasteiger partial charge in [-0.2, -0.15) is 13.2 Å². The van der Waals surface area contributed by atoms with Gasteiger partial charge in [0.15, 0.2) is 0 Å². The van der Waals surface area contributed by atoms with Crippen LogP contribution in [-0.2, 0) is 0 Å². The van der Waals surface area contributed by atoms with Gasteiger partial charge in [-0.25, -0.2) is 0 Å². The third-order valence-electron chi connectivity index (χ3n) is 3.76. The Kier molecular flexibility index (Phi) is 5.46. The summed E-state index contributed by atoms with van der Waals surface area (Å²) in [5, 5.41) is 2.50. The van der Waals surface area contributed by atoms with Crippen LogP contribution in [0.5, 0.6) is 0 Å².